The van der Waals surface area contributed by atoms with Crippen LogP contribution in [-0.4, -0.2) is 26.8 Å². The standard InChI is InChI=1S/C14H15N5O2/c1-9(2)13(20)19-12-4-3-10(7-17-12)18-14(21)11-8-15-5-6-16-11/h3-9H,1-2H3,(H,18,21)(H,17,19,20). The van der Waals surface area contributed by atoms with Gasteiger partial charge in [0, 0.05) is 18.3 Å². The molecule has 0 aromatic carbocycles. The second kappa shape index (κ2) is 6.56. The molecule has 0 spiro atoms. The number of amides is 2. The maximum absolute atomic E-state index is 11.9. The quantitative estimate of drug-likeness (QED) is 0.891. The maximum Gasteiger partial charge on any atom is 0.275 e. The van der Waals surface area contributed by atoms with Crippen molar-refractivity contribution in [3.05, 3.63) is 42.6 Å². The van der Waals surface area contributed by atoms with Gasteiger partial charge in [0.25, 0.3) is 5.91 Å². The molecule has 2 aromatic rings. The number of hydrogen-bond donors (Lipinski definition) is 2. The molecule has 0 fully saturated rings. The monoisotopic (exact) mass is 285 g/mol. The fraction of sp³-hybridized carbons (Fsp3) is 0.214. The number of carbonyl (C=O) groups is 2. The van der Waals surface area contributed by atoms with Crippen molar-refractivity contribution in [1.29, 1.82) is 0 Å². The Hall–Kier alpha value is -2.83. The summed E-state index contributed by atoms with van der Waals surface area (Å²) in [6.07, 6.45) is 5.77. The molecular formula is C14H15N5O2. The van der Waals surface area contributed by atoms with Crippen molar-refractivity contribution in [3.63, 3.8) is 0 Å². The van der Waals surface area contributed by atoms with Crippen molar-refractivity contribution in [1.82, 2.24) is 15.0 Å². The Morgan fingerprint density at radius 2 is 1.86 bits per heavy atom. The molecular weight excluding hydrogens is 270 g/mol. The minimum Gasteiger partial charge on any atom is -0.319 e. The molecule has 0 unspecified atom stereocenters. The molecule has 7 heteroatoms. The van der Waals surface area contributed by atoms with Gasteiger partial charge in [-0.25, -0.2) is 9.97 Å². The SMILES string of the molecule is CC(C)C(=O)Nc1ccc(NC(=O)c2cnccn2)cn1. The highest BCUT2D eigenvalue weighted by Crippen LogP contribution is 2.11. The van der Waals surface area contributed by atoms with Crippen LogP contribution in [-0.2, 0) is 4.79 Å². The van der Waals surface area contributed by atoms with Crippen LogP contribution >= 0.6 is 0 Å². The third-order valence-corrected chi connectivity index (χ3v) is 2.59. The van der Waals surface area contributed by atoms with E-state index in [4.69, 9.17) is 0 Å². The molecule has 2 amide bonds. The highest BCUT2D eigenvalue weighted by Gasteiger charge is 2.09. The Balaban J connectivity index is 2.00. The molecule has 2 rings (SSSR count). The molecule has 2 aromatic heterocycles. The molecule has 108 valence electrons. The number of nitrogens with one attached hydrogen (secondary N) is 2. The van der Waals surface area contributed by atoms with Crippen molar-refractivity contribution in [3.8, 4) is 0 Å². The number of rotatable bonds is 4. The molecule has 0 saturated heterocycles. The van der Waals surface area contributed by atoms with Gasteiger partial charge in [-0.05, 0) is 12.1 Å². The molecule has 2 N–H and O–H groups in total. The third-order valence-electron chi connectivity index (χ3n) is 2.59. The van der Waals surface area contributed by atoms with Gasteiger partial charge in [0.05, 0.1) is 18.1 Å². The maximum atomic E-state index is 11.9. The molecule has 2 heterocycles. The summed E-state index contributed by atoms with van der Waals surface area (Å²) in [6.45, 7) is 3.59. The molecule has 0 radical (unpaired) electrons. The van der Waals surface area contributed by atoms with Crippen LogP contribution in [0.2, 0.25) is 0 Å². The summed E-state index contributed by atoms with van der Waals surface area (Å²) in [5.74, 6) is -0.170. The Labute approximate surface area is 121 Å². The number of anilines is 2. The van der Waals surface area contributed by atoms with Crippen molar-refractivity contribution >= 4 is 23.3 Å². The van der Waals surface area contributed by atoms with Crippen LogP contribution in [0.25, 0.3) is 0 Å². The van der Waals surface area contributed by atoms with Gasteiger partial charge in [-0.1, -0.05) is 13.8 Å². The summed E-state index contributed by atoms with van der Waals surface area (Å²) in [7, 11) is 0. The van der Waals surface area contributed by atoms with Crippen LogP contribution in [0.4, 0.5) is 11.5 Å². The van der Waals surface area contributed by atoms with Crippen molar-refractivity contribution in [2.45, 2.75) is 13.8 Å². The Morgan fingerprint density at radius 1 is 1.05 bits per heavy atom. The molecule has 0 aliphatic rings. The van der Waals surface area contributed by atoms with Gasteiger partial charge in [0.2, 0.25) is 5.91 Å². The summed E-state index contributed by atoms with van der Waals surface area (Å²) < 4.78 is 0. The van der Waals surface area contributed by atoms with Crippen LogP contribution in [0.3, 0.4) is 0 Å². The number of pyridine rings is 1. The second-order valence-electron chi connectivity index (χ2n) is 4.62. The Morgan fingerprint density at radius 3 is 2.43 bits per heavy atom. The van der Waals surface area contributed by atoms with E-state index in [0.29, 0.717) is 11.5 Å². The minimum absolute atomic E-state index is 0.112. The lowest BCUT2D eigenvalue weighted by molar-refractivity contribution is -0.118. The van der Waals surface area contributed by atoms with Crippen LogP contribution in [0, 0.1) is 5.92 Å². The number of nitrogens with zero attached hydrogens (tertiary/aromatic N) is 3. The Kier molecular flexibility index (Phi) is 4.55. The lowest BCUT2D eigenvalue weighted by Crippen LogP contribution is -2.18. The number of carbonyl (C=O) groups excluding carboxylic acids is 2. The Bertz CT molecular complexity index is 626. The zero-order chi connectivity index (χ0) is 15.2. The van der Waals surface area contributed by atoms with Gasteiger partial charge in [0.1, 0.15) is 11.5 Å². The first-order valence-corrected chi connectivity index (χ1v) is 6.40. The van der Waals surface area contributed by atoms with E-state index in [1.807, 2.05) is 0 Å². The second-order valence-corrected chi connectivity index (χ2v) is 4.62. The first-order chi connectivity index (χ1) is 10.1. The summed E-state index contributed by atoms with van der Waals surface area (Å²) in [5.41, 5.74) is 0.725. The average Bonchev–Trinajstić information content (AvgIpc) is 2.50. The first kappa shape index (κ1) is 14.6. The lowest BCUT2D eigenvalue weighted by atomic mass is 10.2. The number of aromatic nitrogens is 3. The average molecular weight is 285 g/mol. The summed E-state index contributed by atoms with van der Waals surface area (Å²) >= 11 is 0. The predicted octanol–water partition coefficient (Wildman–Crippen LogP) is 1.72. The van der Waals surface area contributed by atoms with Crippen LogP contribution < -0.4 is 10.6 Å². The van der Waals surface area contributed by atoms with E-state index in [9.17, 15) is 9.59 Å². The first-order valence-electron chi connectivity index (χ1n) is 6.40. The molecule has 0 atom stereocenters. The van der Waals surface area contributed by atoms with Gasteiger partial charge in [0.15, 0.2) is 0 Å². The van der Waals surface area contributed by atoms with E-state index in [-0.39, 0.29) is 23.4 Å². The molecule has 7 nitrogen and oxygen atoms in total. The van der Waals surface area contributed by atoms with E-state index in [1.54, 1.807) is 26.0 Å². The topological polar surface area (TPSA) is 96.9 Å². The predicted molar refractivity (Wildman–Crippen MR) is 77.7 cm³/mol. The fourth-order valence-corrected chi connectivity index (χ4v) is 1.42. The molecule has 0 bridgehead atoms. The third kappa shape index (κ3) is 4.07. The van der Waals surface area contributed by atoms with E-state index < -0.39 is 0 Å². The molecule has 21 heavy (non-hydrogen) atoms. The van der Waals surface area contributed by atoms with Crippen molar-refractivity contribution in [2.75, 3.05) is 10.6 Å². The molecule has 0 saturated carbocycles. The summed E-state index contributed by atoms with van der Waals surface area (Å²) in [4.78, 5) is 35.2. The molecule has 0 aliphatic carbocycles. The normalized spacial score (nSPS) is 10.2. The van der Waals surface area contributed by atoms with Crippen LogP contribution in [0.1, 0.15) is 24.3 Å². The summed E-state index contributed by atoms with van der Waals surface area (Å²) in [5, 5.41) is 5.31. The molecule has 0 aliphatic heterocycles. The number of hydrogen-bond acceptors (Lipinski definition) is 5. The van der Waals surface area contributed by atoms with Crippen LogP contribution in [0.15, 0.2) is 36.9 Å². The van der Waals surface area contributed by atoms with Crippen molar-refractivity contribution in [2.24, 2.45) is 5.92 Å². The zero-order valence-electron chi connectivity index (χ0n) is 11.7. The van der Waals surface area contributed by atoms with E-state index >= 15 is 0 Å². The smallest absolute Gasteiger partial charge is 0.275 e. The van der Waals surface area contributed by atoms with Gasteiger partial charge in [-0.15, -0.1) is 0 Å². The van der Waals surface area contributed by atoms with Crippen LogP contribution in [0.5, 0.6) is 0 Å². The van der Waals surface area contributed by atoms with Gasteiger partial charge >= 0.3 is 0 Å². The highest BCUT2D eigenvalue weighted by atomic mass is 16.2. The van der Waals surface area contributed by atoms with Gasteiger partial charge in [-0.3, -0.25) is 14.6 Å². The summed E-state index contributed by atoms with van der Waals surface area (Å²) in [6, 6.07) is 3.27. The fourth-order valence-electron chi connectivity index (χ4n) is 1.42. The largest absolute Gasteiger partial charge is 0.319 e. The highest BCUT2D eigenvalue weighted by molar-refractivity contribution is 6.02. The van der Waals surface area contributed by atoms with Gasteiger partial charge in [-0.2, -0.15) is 0 Å². The van der Waals surface area contributed by atoms with Gasteiger partial charge < -0.3 is 10.6 Å². The van der Waals surface area contributed by atoms with Crippen molar-refractivity contribution < 1.29 is 9.59 Å². The van der Waals surface area contributed by atoms with E-state index in [0.717, 1.165) is 0 Å². The minimum atomic E-state index is -0.371. The van der Waals surface area contributed by atoms with E-state index in [1.165, 1.54) is 24.8 Å². The lowest BCUT2D eigenvalue weighted by Gasteiger charge is -2.08. The van der Waals surface area contributed by atoms with E-state index in [2.05, 4.69) is 25.6 Å². The zero-order valence-corrected chi connectivity index (χ0v) is 11.7.